The van der Waals surface area contributed by atoms with Gasteiger partial charge in [-0.15, -0.1) is 10.2 Å². The number of methoxy groups -OCH3 is 2. The number of halogens is 3. The van der Waals surface area contributed by atoms with E-state index in [1.54, 1.807) is 0 Å². The summed E-state index contributed by atoms with van der Waals surface area (Å²) < 4.78 is 83.0. The summed E-state index contributed by atoms with van der Waals surface area (Å²) in [4.78, 5) is 22.8. The zero-order valence-electron chi connectivity index (χ0n) is 20.4. The van der Waals surface area contributed by atoms with Crippen molar-refractivity contribution < 1.29 is 59.4 Å². The summed E-state index contributed by atoms with van der Waals surface area (Å²) in [7, 11) is -3.77. The number of nitrogens with zero attached hydrogens (tertiary/aromatic N) is 4. The van der Waals surface area contributed by atoms with E-state index in [-0.39, 0.29) is 37.1 Å². The van der Waals surface area contributed by atoms with Gasteiger partial charge < -0.3 is 28.2 Å². The summed E-state index contributed by atoms with van der Waals surface area (Å²) in [6.45, 7) is 0. The molecular weight excluding hydrogens is 645 g/mol. The van der Waals surface area contributed by atoms with Crippen LogP contribution in [0.3, 0.4) is 0 Å². The largest absolute Gasteiger partial charge is 0.534 e. The number of alkyl halides is 3. The number of carbonyl (C=O) groups is 2. The lowest BCUT2D eigenvalue weighted by molar-refractivity contribution is -0.0500. The Labute approximate surface area is 250 Å². The SMILES string of the molecule is C.C.COC(=O)c1ccc(Oc2nncs2)cc1O.COC(=O)c1ccc(Oc2nncs2)cc1OS(=O)(=O)C(F)(F)F. The molecule has 14 nitrogen and oxygen atoms in total. The first-order chi connectivity index (χ1) is 19.3. The van der Waals surface area contributed by atoms with E-state index in [2.05, 4.69) is 34.1 Å². The van der Waals surface area contributed by atoms with E-state index in [1.807, 2.05) is 0 Å². The minimum Gasteiger partial charge on any atom is -0.507 e. The second-order valence-electron chi connectivity index (χ2n) is 6.92. The van der Waals surface area contributed by atoms with E-state index < -0.39 is 38.9 Å². The second kappa shape index (κ2) is 15.6. The van der Waals surface area contributed by atoms with Gasteiger partial charge in [-0.2, -0.15) is 21.6 Å². The first-order valence-electron chi connectivity index (χ1n) is 10.4. The highest BCUT2D eigenvalue weighted by molar-refractivity contribution is 7.88. The third kappa shape index (κ3) is 9.75. The van der Waals surface area contributed by atoms with Crippen LogP contribution in [0, 0.1) is 0 Å². The van der Waals surface area contributed by atoms with E-state index in [1.165, 1.54) is 53.7 Å². The molecule has 2 aromatic heterocycles. The average molecular weight is 669 g/mol. The summed E-state index contributed by atoms with van der Waals surface area (Å²) in [5.74, 6) is -2.56. The molecule has 0 amide bonds. The number of aromatic nitrogens is 4. The zero-order valence-corrected chi connectivity index (χ0v) is 22.8. The number of hydrogen-bond donors (Lipinski definition) is 1. The monoisotopic (exact) mass is 668 g/mol. The van der Waals surface area contributed by atoms with Gasteiger partial charge in [0.05, 0.1) is 14.2 Å². The molecule has 0 fully saturated rings. The van der Waals surface area contributed by atoms with Crippen LogP contribution < -0.4 is 13.7 Å². The van der Waals surface area contributed by atoms with Gasteiger partial charge in [0.25, 0.3) is 10.4 Å². The minimum absolute atomic E-state index is 0. The first kappa shape index (κ1) is 36.5. The Morgan fingerprint density at radius 3 is 1.70 bits per heavy atom. The number of benzene rings is 2. The van der Waals surface area contributed by atoms with Gasteiger partial charge in [-0.05, 0) is 24.3 Å². The Morgan fingerprint density at radius 2 is 1.28 bits per heavy atom. The molecule has 20 heteroatoms. The van der Waals surface area contributed by atoms with Crippen molar-refractivity contribution in [2.75, 3.05) is 14.2 Å². The summed E-state index contributed by atoms with van der Waals surface area (Å²) in [6.07, 6.45) is 0. The fourth-order valence-corrected chi connectivity index (χ4v) is 3.87. The Balaban J connectivity index is 0.000000432. The second-order valence-corrected chi connectivity index (χ2v) is 10.0. The normalized spacial score (nSPS) is 10.5. The molecule has 0 bridgehead atoms. The molecule has 0 unspecified atom stereocenters. The molecule has 0 saturated carbocycles. The van der Waals surface area contributed by atoms with Crippen molar-refractivity contribution in [2.45, 2.75) is 20.4 Å². The molecule has 4 rings (SSSR count). The molecule has 4 aromatic rings. The quantitative estimate of drug-likeness (QED) is 0.142. The van der Waals surface area contributed by atoms with Crippen LogP contribution in [0.15, 0.2) is 47.4 Å². The third-order valence-electron chi connectivity index (χ3n) is 4.31. The van der Waals surface area contributed by atoms with Crippen LogP contribution in [0.2, 0.25) is 0 Å². The highest BCUT2D eigenvalue weighted by Gasteiger charge is 2.49. The highest BCUT2D eigenvalue weighted by atomic mass is 32.2. The minimum atomic E-state index is -5.98. The predicted molar refractivity (Wildman–Crippen MR) is 146 cm³/mol. The number of phenols is 1. The van der Waals surface area contributed by atoms with Crippen LogP contribution in [0.1, 0.15) is 35.6 Å². The molecule has 234 valence electrons. The van der Waals surface area contributed by atoms with Gasteiger partial charge in [0.2, 0.25) is 0 Å². The van der Waals surface area contributed by atoms with Gasteiger partial charge in [0, 0.05) is 12.1 Å². The molecule has 0 radical (unpaired) electrons. The van der Waals surface area contributed by atoms with Crippen molar-refractivity contribution in [1.29, 1.82) is 0 Å². The Bertz CT molecular complexity index is 1600. The molecular formula is C23H23F3N4O10S3. The average Bonchev–Trinajstić information content (AvgIpc) is 3.62. The maximum Gasteiger partial charge on any atom is 0.534 e. The summed E-state index contributed by atoms with van der Waals surface area (Å²) in [5.41, 5.74) is -3.26. The van der Waals surface area contributed by atoms with Gasteiger partial charge in [-0.25, -0.2) is 9.59 Å². The van der Waals surface area contributed by atoms with Crippen LogP contribution in [0.5, 0.6) is 33.4 Å². The van der Waals surface area contributed by atoms with E-state index in [0.717, 1.165) is 30.6 Å². The fraction of sp³-hybridized carbons (Fsp3) is 0.217. The predicted octanol–water partition coefficient (Wildman–Crippen LogP) is 5.44. The fourth-order valence-electron chi connectivity index (χ4n) is 2.55. The Kier molecular flexibility index (Phi) is 13.2. The number of aromatic hydroxyl groups is 1. The van der Waals surface area contributed by atoms with Gasteiger partial charge in [0.1, 0.15) is 39.4 Å². The number of ether oxygens (including phenoxy) is 4. The van der Waals surface area contributed by atoms with Crippen LogP contribution >= 0.6 is 22.7 Å². The summed E-state index contributed by atoms with van der Waals surface area (Å²) in [6, 6.07) is 7.24. The molecule has 0 spiro atoms. The summed E-state index contributed by atoms with van der Waals surface area (Å²) >= 11 is 2.20. The maximum atomic E-state index is 12.5. The summed E-state index contributed by atoms with van der Waals surface area (Å²) in [5, 5.41) is 24.3. The standard InChI is InChI=1S/C11H7F3N2O6S2.C10H8N2O4S.2CH4/c1-20-9(17)7-3-2-6(21-10-16-15-5-23-10)4-8(7)22-24(18,19)11(12,13)14;1-15-9(14)7-3-2-6(4-8(7)13)16-10-12-11-5-17-10;;/h2-5H,1H3;2-5,13H,1H3;2*1H4. The van der Waals surface area contributed by atoms with Gasteiger partial charge in [-0.1, -0.05) is 47.7 Å². The molecule has 0 aliphatic heterocycles. The molecule has 43 heavy (non-hydrogen) atoms. The van der Waals surface area contributed by atoms with Gasteiger partial charge >= 0.3 is 27.6 Å². The van der Waals surface area contributed by atoms with Gasteiger partial charge in [-0.3, -0.25) is 0 Å². The van der Waals surface area contributed by atoms with E-state index in [4.69, 9.17) is 9.47 Å². The lowest BCUT2D eigenvalue weighted by Gasteiger charge is -2.13. The lowest BCUT2D eigenvalue weighted by Crippen LogP contribution is -2.28. The molecule has 2 heterocycles. The topological polar surface area (TPSA) is 186 Å². The molecule has 0 saturated heterocycles. The van der Waals surface area contributed by atoms with Crippen LogP contribution in [-0.2, 0) is 19.6 Å². The van der Waals surface area contributed by atoms with Crippen molar-refractivity contribution in [3.05, 3.63) is 58.5 Å². The van der Waals surface area contributed by atoms with Crippen molar-refractivity contribution in [2.24, 2.45) is 0 Å². The number of hydrogen-bond acceptors (Lipinski definition) is 16. The molecule has 2 aromatic carbocycles. The van der Waals surface area contributed by atoms with Crippen LogP contribution in [0.4, 0.5) is 13.2 Å². The van der Waals surface area contributed by atoms with E-state index in [9.17, 15) is 36.3 Å². The molecule has 1 N–H and O–H groups in total. The number of carbonyl (C=O) groups excluding carboxylic acids is 2. The van der Waals surface area contributed by atoms with Crippen LogP contribution in [-0.4, -0.2) is 65.6 Å². The van der Waals surface area contributed by atoms with Crippen LogP contribution in [0.25, 0.3) is 0 Å². The Hall–Kier alpha value is -4.56. The number of phenolic OH excluding ortho intramolecular Hbond substituents is 1. The zero-order chi connectivity index (χ0) is 30.2. The number of esters is 2. The molecule has 0 atom stereocenters. The van der Waals surface area contributed by atoms with E-state index in [0.29, 0.717) is 10.9 Å². The van der Waals surface area contributed by atoms with Crippen molar-refractivity contribution in [1.82, 2.24) is 20.4 Å². The smallest absolute Gasteiger partial charge is 0.507 e. The maximum absolute atomic E-state index is 12.5. The third-order valence-corrected chi connectivity index (χ3v) is 6.40. The molecule has 0 aliphatic carbocycles. The first-order valence-corrected chi connectivity index (χ1v) is 13.5. The van der Waals surface area contributed by atoms with E-state index >= 15 is 0 Å². The van der Waals surface area contributed by atoms with Gasteiger partial charge in [0.15, 0.2) is 5.75 Å². The number of rotatable bonds is 8. The van der Waals surface area contributed by atoms with Crippen molar-refractivity contribution in [3.8, 4) is 33.4 Å². The van der Waals surface area contributed by atoms with Crippen molar-refractivity contribution >= 4 is 44.7 Å². The highest BCUT2D eigenvalue weighted by Crippen LogP contribution is 2.34. The Morgan fingerprint density at radius 1 is 0.814 bits per heavy atom. The lowest BCUT2D eigenvalue weighted by atomic mass is 10.2. The molecule has 0 aliphatic rings. The van der Waals surface area contributed by atoms with Crippen molar-refractivity contribution in [3.63, 3.8) is 0 Å².